The third-order valence-corrected chi connectivity index (χ3v) is 5.62. The molecule has 0 unspecified atom stereocenters. The molecule has 8 heteroatoms. The molecule has 0 bridgehead atoms. The molecule has 2 amide bonds. The first-order chi connectivity index (χ1) is 12.9. The molecule has 1 fully saturated rings. The highest BCUT2D eigenvalue weighted by Crippen LogP contribution is 2.38. The molecule has 1 aliphatic heterocycles. The smallest absolute Gasteiger partial charge is 0.293 e. The van der Waals surface area contributed by atoms with Crippen molar-refractivity contribution in [2.24, 2.45) is 0 Å². The van der Waals surface area contributed by atoms with Crippen molar-refractivity contribution in [1.82, 2.24) is 4.90 Å². The number of amides is 2. The molecule has 4 nitrogen and oxygen atoms in total. The van der Waals surface area contributed by atoms with Gasteiger partial charge < -0.3 is 4.74 Å². The van der Waals surface area contributed by atoms with Crippen molar-refractivity contribution in [2.45, 2.75) is 13.5 Å². The van der Waals surface area contributed by atoms with Crippen LogP contribution in [-0.4, -0.2) is 22.6 Å². The number of carbonyl (C=O) groups excluding carboxylic acids is 2. The predicted molar refractivity (Wildman–Crippen MR) is 108 cm³/mol. The summed E-state index contributed by atoms with van der Waals surface area (Å²) in [4.78, 5) is 25.5. The van der Waals surface area contributed by atoms with Gasteiger partial charge in [0.25, 0.3) is 11.1 Å². The van der Waals surface area contributed by atoms with Gasteiger partial charge in [-0.1, -0.05) is 29.8 Å². The summed E-state index contributed by atoms with van der Waals surface area (Å²) in [5, 5.41) is 0.0189. The molecule has 1 saturated heterocycles. The average molecular weight is 471 g/mol. The van der Waals surface area contributed by atoms with E-state index in [9.17, 15) is 14.0 Å². The second-order valence-corrected chi connectivity index (χ2v) is 7.87. The number of hydrogen-bond acceptors (Lipinski definition) is 4. The van der Waals surface area contributed by atoms with Gasteiger partial charge in [0, 0.05) is 12.1 Å². The van der Waals surface area contributed by atoms with E-state index in [4.69, 9.17) is 16.3 Å². The van der Waals surface area contributed by atoms with E-state index in [0.717, 1.165) is 11.8 Å². The zero-order valence-corrected chi connectivity index (χ0v) is 17.3. The van der Waals surface area contributed by atoms with Gasteiger partial charge >= 0.3 is 0 Å². The molecule has 0 aliphatic carbocycles. The molecule has 1 heterocycles. The van der Waals surface area contributed by atoms with E-state index in [0.29, 0.717) is 37.8 Å². The monoisotopic (exact) mass is 469 g/mol. The van der Waals surface area contributed by atoms with Crippen LogP contribution in [0.2, 0.25) is 5.02 Å². The summed E-state index contributed by atoms with van der Waals surface area (Å²) >= 11 is 10.6. The van der Waals surface area contributed by atoms with Crippen molar-refractivity contribution in [1.29, 1.82) is 0 Å². The summed E-state index contributed by atoms with van der Waals surface area (Å²) in [6, 6.07) is 9.68. The summed E-state index contributed by atoms with van der Waals surface area (Å²) in [5.41, 5.74) is 1.06. The fourth-order valence-corrected chi connectivity index (χ4v) is 4.38. The first-order valence-electron chi connectivity index (χ1n) is 8.01. The number of benzene rings is 2. The van der Waals surface area contributed by atoms with Gasteiger partial charge in [-0.3, -0.25) is 14.5 Å². The lowest BCUT2D eigenvalue weighted by Gasteiger charge is -2.12. The fourth-order valence-electron chi connectivity index (χ4n) is 2.49. The van der Waals surface area contributed by atoms with Gasteiger partial charge in [-0.2, -0.15) is 0 Å². The van der Waals surface area contributed by atoms with Crippen LogP contribution in [0.25, 0.3) is 6.08 Å². The summed E-state index contributed by atoms with van der Waals surface area (Å²) < 4.78 is 19.9. The number of nitrogens with zero attached hydrogens (tertiary/aromatic N) is 1. The molecule has 2 aromatic rings. The maximum atomic E-state index is 13.7. The van der Waals surface area contributed by atoms with Gasteiger partial charge in [0.2, 0.25) is 0 Å². The van der Waals surface area contributed by atoms with Crippen LogP contribution in [0.3, 0.4) is 0 Å². The van der Waals surface area contributed by atoms with Crippen LogP contribution in [-0.2, 0) is 11.4 Å². The van der Waals surface area contributed by atoms with E-state index in [-0.39, 0.29) is 23.6 Å². The summed E-state index contributed by atoms with van der Waals surface area (Å²) in [6.07, 6.45) is 1.61. The highest BCUT2D eigenvalue weighted by molar-refractivity contribution is 9.10. The number of imide groups is 1. The van der Waals surface area contributed by atoms with Gasteiger partial charge in [0.15, 0.2) is 5.75 Å². The van der Waals surface area contributed by atoms with Crippen molar-refractivity contribution < 1.29 is 18.7 Å². The van der Waals surface area contributed by atoms with Crippen LogP contribution in [0.1, 0.15) is 18.1 Å². The van der Waals surface area contributed by atoms with E-state index in [1.54, 1.807) is 43.3 Å². The minimum atomic E-state index is -0.354. The number of likely N-dealkylation sites (N-methyl/N-ethyl adjacent to an activating group) is 1. The van der Waals surface area contributed by atoms with Gasteiger partial charge in [-0.05, 0) is 64.5 Å². The van der Waals surface area contributed by atoms with Crippen molar-refractivity contribution in [3.8, 4) is 5.75 Å². The topological polar surface area (TPSA) is 46.6 Å². The number of carbonyl (C=O) groups is 2. The molecule has 0 atom stereocenters. The van der Waals surface area contributed by atoms with Gasteiger partial charge in [-0.15, -0.1) is 0 Å². The molecule has 3 rings (SSSR count). The van der Waals surface area contributed by atoms with Crippen LogP contribution in [0.4, 0.5) is 9.18 Å². The number of halogens is 3. The molecule has 0 saturated carbocycles. The first kappa shape index (κ1) is 19.9. The maximum absolute atomic E-state index is 13.7. The minimum absolute atomic E-state index is 0.0275. The van der Waals surface area contributed by atoms with Crippen LogP contribution in [0, 0.1) is 5.82 Å². The lowest BCUT2D eigenvalue weighted by molar-refractivity contribution is -0.122. The Morgan fingerprint density at radius 3 is 2.67 bits per heavy atom. The molecule has 27 heavy (non-hydrogen) atoms. The van der Waals surface area contributed by atoms with Crippen molar-refractivity contribution in [2.75, 3.05) is 6.54 Å². The SMILES string of the molecule is CCN1C(=O)S/C(=C/c2cc(Cl)c(OCc3ccccc3F)c(Br)c2)C1=O. The lowest BCUT2D eigenvalue weighted by Crippen LogP contribution is -2.27. The van der Waals surface area contributed by atoms with Crippen molar-refractivity contribution in [3.05, 3.63) is 67.7 Å². The van der Waals surface area contributed by atoms with Crippen LogP contribution in [0.5, 0.6) is 5.75 Å². The summed E-state index contributed by atoms with van der Waals surface area (Å²) in [7, 11) is 0. The normalized spacial score (nSPS) is 15.7. The minimum Gasteiger partial charge on any atom is -0.486 e. The molecule has 0 spiro atoms. The Balaban J connectivity index is 1.81. The van der Waals surface area contributed by atoms with Crippen LogP contribution < -0.4 is 4.74 Å². The zero-order chi connectivity index (χ0) is 19.6. The van der Waals surface area contributed by atoms with Crippen LogP contribution in [0.15, 0.2) is 45.8 Å². The Hall–Kier alpha value is -1.83. The van der Waals surface area contributed by atoms with E-state index in [2.05, 4.69) is 15.9 Å². The zero-order valence-electron chi connectivity index (χ0n) is 14.2. The van der Waals surface area contributed by atoms with Gasteiger partial charge in [0.1, 0.15) is 12.4 Å². The lowest BCUT2D eigenvalue weighted by atomic mass is 10.2. The molecule has 0 aromatic heterocycles. The molecule has 0 N–H and O–H groups in total. The number of thioether (sulfide) groups is 1. The largest absolute Gasteiger partial charge is 0.486 e. The molecule has 1 aliphatic rings. The average Bonchev–Trinajstić information content (AvgIpc) is 2.88. The molecule has 2 aromatic carbocycles. The molecule has 0 radical (unpaired) electrons. The molecular formula is C19H14BrClFNO3S. The molecular weight excluding hydrogens is 457 g/mol. The fraction of sp³-hybridized carbons (Fsp3) is 0.158. The maximum Gasteiger partial charge on any atom is 0.293 e. The molecule has 140 valence electrons. The van der Waals surface area contributed by atoms with E-state index in [1.807, 2.05) is 0 Å². The van der Waals surface area contributed by atoms with E-state index in [1.165, 1.54) is 11.0 Å². The Bertz CT molecular complexity index is 927. The quantitative estimate of drug-likeness (QED) is 0.512. The van der Waals surface area contributed by atoms with Crippen molar-refractivity contribution >= 4 is 56.5 Å². The van der Waals surface area contributed by atoms with E-state index < -0.39 is 0 Å². The standard InChI is InChI=1S/C19H14BrClFNO3S/c1-2-23-18(24)16(27-19(23)25)9-11-7-13(20)17(14(21)8-11)26-10-12-5-3-4-6-15(12)22/h3-9H,2,10H2,1H3/b16-9+. The van der Waals surface area contributed by atoms with Gasteiger partial charge in [0.05, 0.1) is 14.4 Å². The highest BCUT2D eigenvalue weighted by Gasteiger charge is 2.33. The third-order valence-electron chi connectivity index (χ3n) is 3.84. The highest BCUT2D eigenvalue weighted by atomic mass is 79.9. The third kappa shape index (κ3) is 4.36. The number of rotatable bonds is 5. The summed E-state index contributed by atoms with van der Waals surface area (Å²) in [5.74, 6) is -0.300. The van der Waals surface area contributed by atoms with Gasteiger partial charge in [-0.25, -0.2) is 4.39 Å². The van der Waals surface area contributed by atoms with E-state index >= 15 is 0 Å². The van der Waals surface area contributed by atoms with Crippen LogP contribution >= 0.6 is 39.3 Å². The number of ether oxygens (including phenoxy) is 1. The second-order valence-electron chi connectivity index (χ2n) is 5.62. The predicted octanol–water partition coefficient (Wildman–Crippen LogP) is 5.88. The Kier molecular flexibility index (Phi) is 6.24. The Morgan fingerprint density at radius 1 is 1.30 bits per heavy atom. The number of hydrogen-bond donors (Lipinski definition) is 0. The van der Waals surface area contributed by atoms with Crippen molar-refractivity contribution in [3.63, 3.8) is 0 Å². The Morgan fingerprint density at radius 2 is 2.04 bits per heavy atom. The first-order valence-corrected chi connectivity index (χ1v) is 10.00. The Labute approximate surface area is 173 Å². The second kappa shape index (κ2) is 8.46. The summed E-state index contributed by atoms with van der Waals surface area (Å²) in [6.45, 7) is 2.10.